The maximum absolute atomic E-state index is 5.68. The van der Waals surface area contributed by atoms with Gasteiger partial charge in [0.25, 0.3) is 0 Å². The van der Waals surface area contributed by atoms with E-state index in [9.17, 15) is 0 Å². The van der Waals surface area contributed by atoms with Crippen molar-refractivity contribution in [1.82, 2.24) is 15.3 Å². The lowest BCUT2D eigenvalue weighted by molar-refractivity contribution is 0.921. The van der Waals surface area contributed by atoms with E-state index in [1.807, 2.05) is 25.1 Å². The summed E-state index contributed by atoms with van der Waals surface area (Å²) in [4.78, 5) is 11.9. The molecule has 0 spiro atoms. The van der Waals surface area contributed by atoms with Gasteiger partial charge in [-0.05, 0) is 18.6 Å². The van der Waals surface area contributed by atoms with Gasteiger partial charge in [0.1, 0.15) is 12.4 Å². The van der Waals surface area contributed by atoms with Crippen molar-refractivity contribution in [2.45, 2.75) is 13.5 Å². The molecule has 0 amide bonds. The second kappa shape index (κ2) is 5.35. The lowest BCUT2D eigenvalue weighted by Crippen LogP contribution is -2.31. The van der Waals surface area contributed by atoms with Gasteiger partial charge in [-0.15, -0.1) is 6.58 Å². The smallest absolute Gasteiger partial charge is 0.189 e. The number of imidazole rings is 1. The largest absolute Gasteiger partial charge is 0.370 e. The number of rotatable bonds is 4. The molecule has 1 aromatic heterocycles. The van der Waals surface area contributed by atoms with E-state index < -0.39 is 0 Å². The minimum atomic E-state index is 0.395. The molecule has 4 N–H and O–H groups in total. The van der Waals surface area contributed by atoms with Gasteiger partial charge in [-0.1, -0.05) is 18.2 Å². The van der Waals surface area contributed by atoms with E-state index in [0.717, 1.165) is 22.4 Å². The Morgan fingerprint density at radius 3 is 3.17 bits per heavy atom. The third kappa shape index (κ3) is 2.68. The monoisotopic (exact) mass is 243 g/mol. The van der Waals surface area contributed by atoms with E-state index in [1.165, 1.54) is 0 Å². The Morgan fingerprint density at radius 1 is 1.61 bits per heavy atom. The van der Waals surface area contributed by atoms with Crippen LogP contribution in [0.1, 0.15) is 11.4 Å². The van der Waals surface area contributed by atoms with Crippen molar-refractivity contribution in [3.8, 4) is 0 Å². The minimum Gasteiger partial charge on any atom is -0.370 e. The average Bonchev–Trinajstić information content (AvgIpc) is 2.78. The van der Waals surface area contributed by atoms with Gasteiger partial charge in [0.15, 0.2) is 5.96 Å². The SMILES string of the molecule is C=CCNC(N)=NCc1nc2c(C)cccc2[nH]1. The first-order valence-electron chi connectivity index (χ1n) is 5.79. The summed E-state index contributed by atoms with van der Waals surface area (Å²) in [5, 5.41) is 2.92. The summed E-state index contributed by atoms with van der Waals surface area (Å²) in [6, 6.07) is 6.04. The molecule has 0 aliphatic heterocycles. The van der Waals surface area contributed by atoms with Gasteiger partial charge in [0, 0.05) is 6.54 Å². The van der Waals surface area contributed by atoms with Gasteiger partial charge >= 0.3 is 0 Å². The summed E-state index contributed by atoms with van der Waals surface area (Å²) in [5.74, 6) is 1.20. The van der Waals surface area contributed by atoms with Crippen LogP contribution in [0.15, 0.2) is 35.8 Å². The predicted molar refractivity (Wildman–Crippen MR) is 74.4 cm³/mol. The topological polar surface area (TPSA) is 79.1 Å². The van der Waals surface area contributed by atoms with Crippen LogP contribution in [-0.4, -0.2) is 22.5 Å². The van der Waals surface area contributed by atoms with Crippen LogP contribution in [0.2, 0.25) is 0 Å². The van der Waals surface area contributed by atoms with Crippen molar-refractivity contribution < 1.29 is 0 Å². The van der Waals surface area contributed by atoms with Crippen LogP contribution < -0.4 is 11.1 Å². The van der Waals surface area contributed by atoms with Crippen LogP contribution in [0, 0.1) is 6.92 Å². The minimum absolute atomic E-state index is 0.395. The summed E-state index contributed by atoms with van der Waals surface area (Å²) >= 11 is 0. The Kier molecular flexibility index (Phi) is 3.62. The van der Waals surface area contributed by atoms with Crippen LogP contribution in [-0.2, 0) is 6.54 Å². The van der Waals surface area contributed by atoms with Crippen LogP contribution in [0.3, 0.4) is 0 Å². The van der Waals surface area contributed by atoms with E-state index in [4.69, 9.17) is 5.73 Å². The first kappa shape index (κ1) is 12.2. The number of benzene rings is 1. The summed E-state index contributed by atoms with van der Waals surface area (Å²) in [6.45, 7) is 6.68. The second-order valence-electron chi connectivity index (χ2n) is 4.03. The molecule has 2 rings (SSSR count). The maximum Gasteiger partial charge on any atom is 0.189 e. The number of aryl methyl sites for hydroxylation is 1. The molecule has 0 radical (unpaired) electrons. The van der Waals surface area contributed by atoms with Gasteiger partial charge < -0.3 is 16.0 Å². The summed E-state index contributed by atoms with van der Waals surface area (Å²) < 4.78 is 0. The standard InChI is InChI=1S/C13H17N5/c1-3-7-15-13(14)16-8-11-17-10-6-4-5-9(2)12(10)18-11/h3-6H,1,7-8H2,2H3,(H,17,18)(H3,14,15,16). The van der Waals surface area contributed by atoms with E-state index >= 15 is 0 Å². The molecular formula is C13H17N5. The quantitative estimate of drug-likeness (QED) is 0.432. The van der Waals surface area contributed by atoms with E-state index in [1.54, 1.807) is 6.08 Å². The molecule has 0 saturated heterocycles. The zero-order valence-electron chi connectivity index (χ0n) is 10.4. The normalized spacial score (nSPS) is 11.7. The summed E-state index contributed by atoms with van der Waals surface area (Å²) in [7, 11) is 0. The first-order chi connectivity index (χ1) is 8.70. The maximum atomic E-state index is 5.68. The highest BCUT2D eigenvalue weighted by molar-refractivity contribution is 5.79. The lowest BCUT2D eigenvalue weighted by Gasteiger charge is -2.00. The number of hydrogen-bond acceptors (Lipinski definition) is 2. The molecule has 0 unspecified atom stereocenters. The number of hydrogen-bond donors (Lipinski definition) is 3. The van der Waals surface area contributed by atoms with Gasteiger partial charge in [0.05, 0.1) is 11.0 Å². The average molecular weight is 243 g/mol. The Hall–Kier alpha value is -2.30. The number of guanidine groups is 1. The lowest BCUT2D eigenvalue weighted by atomic mass is 10.2. The Balaban J connectivity index is 2.13. The van der Waals surface area contributed by atoms with Crippen molar-refractivity contribution in [3.05, 3.63) is 42.2 Å². The highest BCUT2D eigenvalue weighted by Crippen LogP contribution is 2.15. The van der Waals surface area contributed by atoms with Crippen molar-refractivity contribution in [3.63, 3.8) is 0 Å². The fraction of sp³-hybridized carbons (Fsp3) is 0.231. The zero-order valence-corrected chi connectivity index (χ0v) is 10.4. The number of nitrogens with one attached hydrogen (secondary N) is 2. The van der Waals surface area contributed by atoms with Crippen LogP contribution in [0.25, 0.3) is 11.0 Å². The molecule has 1 aromatic carbocycles. The number of nitrogens with zero attached hydrogens (tertiary/aromatic N) is 2. The fourth-order valence-electron chi connectivity index (χ4n) is 1.69. The van der Waals surface area contributed by atoms with E-state index in [2.05, 4.69) is 26.9 Å². The second-order valence-corrected chi connectivity index (χ2v) is 4.03. The third-order valence-electron chi connectivity index (χ3n) is 2.59. The van der Waals surface area contributed by atoms with Gasteiger partial charge in [-0.3, -0.25) is 0 Å². The van der Waals surface area contributed by atoms with Gasteiger partial charge in [0.2, 0.25) is 0 Å². The summed E-state index contributed by atoms with van der Waals surface area (Å²) in [6.07, 6.45) is 1.73. The molecule has 18 heavy (non-hydrogen) atoms. The molecular weight excluding hydrogens is 226 g/mol. The Bertz CT molecular complexity index is 582. The fourth-order valence-corrected chi connectivity index (χ4v) is 1.69. The highest BCUT2D eigenvalue weighted by Gasteiger charge is 2.03. The number of nitrogens with two attached hydrogens (primary N) is 1. The molecule has 0 saturated carbocycles. The molecule has 0 aliphatic carbocycles. The number of para-hydroxylation sites is 1. The molecule has 5 heteroatoms. The van der Waals surface area contributed by atoms with E-state index in [0.29, 0.717) is 19.0 Å². The zero-order chi connectivity index (χ0) is 13.0. The molecule has 0 fully saturated rings. The molecule has 2 aromatic rings. The molecule has 0 bridgehead atoms. The molecule has 5 nitrogen and oxygen atoms in total. The Morgan fingerprint density at radius 2 is 2.44 bits per heavy atom. The van der Waals surface area contributed by atoms with Crippen molar-refractivity contribution in [2.24, 2.45) is 10.7 Å². The van der Waals surface area contributed by atoms with Crippen LogP contribution in [0.4, 0.5) is 0 Å². The number of aromatic nitrogens is 2. The first-order valence-corrected chi connectivity index (χ1v) is 5.79. The number of aromatic amines is 1. The summed E-state index contributed by atoms with van der Waals surface area (Å²) in [5.41, 5.74) is 8.84. The molecule has 1 heterocycles. The molecule has 0 aliphatic rings. The molecule has 0 atom stereocenters. The number of H-pyrrole nitrogens is 1. The van der Waals surface area contributed by atoms with Crippen LogP contribution >= 0.6 is 0 Å². The Labute approximate surface area is 106 Å². The molecule has 94 valence electrons. The predicted octanol–water partition coefficient (Wildman–Crippen LogP) is 1.46. The van der Waals surface area contributed by atoms with Gasteiger partial charge in [-0.2, -0.15) is 0 Å². The van der Waals surface area contributed by atoms with Crippen LogP contribution in [0.5, 0.6) is 0 Å². The van der Waals surface area contributed by atoms with Crippen molar-refractivity contribution >= 4 is 17.0 Å². The van der Waals surface area contributed by atoms with E-state index in [-0.39, 0.29) is 0 Å². The van der Waals surface area contributed by atoms with Crippen molar-refractivity contribution in [2.75, 3.05) is 6.54 Å². The third-order valence-corrected chi connectivity index (χ3v) is 2.59. The number of aliphatic imine (C=N–C) groups is 1. The van der Waals surface area contributed by atoms with Crippen molar-refractivity contribution in [1.29, 1.82) is 0 Å². The number of fused-ring (bicyclic) bond motifs is 1. The highest BCUT2D eigenvalue weighted by atomic mass is 15.1. The van der Waals surface area contributed by atoms with Gasteiger partial charge in [-0.25, -0.2) is 9.98 Å².